The highest BCUT2D eigenvalue weighted by atomic mass is 32.1. The molecule has 1 atom stereocenters. The van der Waals surface area contributed by atoms with Crippen LogP contribution in [0.5, 0.6) is 0 Å². The standard InChI is InChI=1S/C15H19N3OS/c1-4-16-12-6-7-13(17-9-12)15(19)18-11(3)14-8-5-10(2)20-14/h5-9,11,16H,4H2,1-3H3,(H,18,19). The molecule has 0 aliphatic carbocycles. The number of nitrogens with zero attached hydrogens (tertiary/aromatic N) is 1. The van der Waals surface area contributed by atoms with Gasteiger partial charge in [-0.25, -0.2) is 4.98 Å². The Kier molecular flexibility index (Phi) is 4.74. The Morgan fingerprint density at radius 3 is 2.70 bits per heavy atom. The molecule has 2 N–H and O–H groups in total. The summed E-state index contributed by atoms with van der Waals surface area (Å²) in [5.74, 6) is -0.147. The maximum atomic E-state index is 12.1. The molecule has 4 nitrogen and oxygen atoms in total. The summed E-state index contributed by atoms with van der Waals surface area (Å²) in [6, 6.07) is 7.71. The topological polar surface area (TPSA) is 54.0 Å². The van der Waals surface area contributed by atoms with Crippen LogP contribution in [0, 0.1) is 6.92 Å². The molecule has 0 radical (unpaired) electrons. The van der Waals surface area contributed by atoms with E-state index in [4.69, 9.17) is 0 Å². The number of rotatable bonds is 5. The minimum absolute atomic E-state index is 0.00329. The molecular formula is C15H19N3OS. The van der Waals surface area contributed by atoms with E-state index in [9.17, 15) is 4.79 Å². The highest BCUT2D eigenvalue weighted by Crippen LogP contribution is 2.22. The largest absolute Gasteiger partial charge is 0.384 e. The molecule has 0 bridgehead atoms. The van der Waals surface area contributed by atoms with E-state index in [1.165, 1.54) is 4.88 Å². The van der Waals surface area contributed by atoms with Crippen molar-refractivity contribution < 1.29 is 4.79 Å². The van der Waals surface area contributed by atoms with E-state index in [1.54, 1.807) is 23.6 Å². The maximum Gasteiger partial charge on any atom is 0.270 e. The third-order valence-corrected chi connectivity index (χ3v) is 4.10. The monoisotopic (exact) mass is 289 g/mol. The summed E-state index contributed by atoms with van der Waals surface area (Å²) < 4.78 is 0. The van der Waals surface area contributed by atoms with Gasteiger partial charge < -0.3 is 10.6 Å². The van der Waals surface area contributed by atoms with Crippen LogP contribution in [0.4, 0.5) is 5.69 Å². The van der Waals surface area contributed by atoms with E-state index >= 15 is 0 Å². The van der Waals surface area contributed by atoms with E-state index in [0.29, 0.717) is 5.69 Å². The number of hydrogen-bond acceptors (Lipinski definition) is 4. The normalized spacial score (nSPS) is 11.9. The molecule has 106 valence electrons. The van der Waals surface area contributed by atoms with Crippen LogP contribution in [0.15, 0.2) is 30.5 Å². The van der Waals surface area contributed by atoms with Crippen LogP contribution in [0.25, 0.3) is 0 Å². The molecule has 0 aliphatic heterocycles. The molecule has 1 unspecified atom stereocenters. The summed E-state index contributed by atoms with van der Waals surface area (Å²) in [5, 5.41) is 6.12. The summed E-state index contributed by atoms with van der Waals surface area (Å²) in [7, 11) is 0. The summed E-state index contributed by atoms with van der Waals surface area (Å²) in [4.78, 5) is 18.7. The first-order valence-electron chi connectivity index (χ1n) is 6.67. The SMILES string of the molecule is CCNc1ccc(C(=O)NC(C)c2ccc(C)s2)nc1. The molecule has 2 aromatic heterocycles. The molecular weight excluding hydrogens is 270 g/mol. The van der Waals surface area contributed by atoms with Gasteiger partial charge >= 0.3 is 0 Å². The lowest BCUT2D eigenvalue weighted by molar-refractivity contribution is 0.0935. The van der Waals surface area contributed by atoms with Crippen molar-refractivity contribution in [2.75, 3.05) is 11.9 Å². The Morgan fingerprint density at radius 2 is 2.15 bits per heavy atom. The van der Waals surface area contributed by atoms with Crippen molar-refractivity contribution in [2.45, 2.75) is 26.8 Å². The van der Waals surface area contributed by atoms with Gasteiger partial charge in [-0.15, -0.1) is 11.3 Å². The van der Waals surface area contributed by atoms with Gasteiger partial charge in [0.05, 0.1) is 17.9 Å². The average Bonchev–Trinajstić information content (AvgIpc) is 2.86. The summed E-state index contributed by atoms with van der Waals surface area (Å²) in [6.07, 6.45) is 1.68. The molecule has 20 heavy (non-hydrogen) atoms. The van der Waals surface area contributed by atoms with Crippen molar-refractivity contribution in [3.63, 3.8) is 0 Å². The second-order valence-corrected chi connectivity index (χ2v) is 5.93. The first-order chi connectivity index (χ1) is 9.60. The number of carbonyl (C=O) groups excluding carboxylic acids is 1. The molecule has 1 amide bonds. The third kappa shape index (κ3) is 3.57. The number of amides is 1. The Hall–Kier alpha value is -1.88. The second-order valence-electron chi connectivity index (χ2n) is 4.61. The third-order valence-electron chi connectivity index (χ3n) is 2.91. The molecule has 0 aliphatic rings. The minimum Gasteiger partial charge on any atom is -0.384 e. The van der Waals surface area contributed by atoms with Crippen molar-refractivity contribution in [3.8, 4) is 0 Å². The zero-order valence-corrected chi connectivity index (χ0v) is 12.8. The highest BCUT2D eigenvalue weighted by Gasteiger charge is 2.13. The predicted molar refractivity (Wildman–Crippen MR) is 83.3 cm³/mol. The smallest absolute Gasteiger partial charge is 0.270 e. The number of pyridine rings is 1. The summed E-state index contributed by atoms with van der Waals surface area (Å²) in [6.45, 7) is 6.90. The van der Waals surface area contributed by atoms with Crippen LogP contribution >= 0.6 is 11.3 Å². The fraction of sp³-hybridized carbons (Fsp3) is 0.333. The van der Waals surface area contributed by atoms with Gasteiger partial charge in [-0.05, 0) is 45.0 Å². The number of hydrogen-bond donors (Lipinski definition) is 2. The zero-order valence-electron chi connectivity index (χ0n) is 11.9. The fourth-order valence-electron chi connectivity index (χ4n) is 1.86. The van der Waals surface area contributed by atoms with E-state index in [0.717, 1.165) is 17.1 Å². The lowest BCUT2D eigenvalue weighted by Crippen LogP contribution is -2.26. The Bertz CT molecular complexity index is 577. The zero-order chi connectivity index (χ0) is 14.5. The Morgan fingerprint density at radius 1 is 1.35 bits per heavy atom. The summed E-state index contributed by atoms with van der Waals surface area (Å²) >= 11 is 1.70. The van der Waals surface area contributed by atoms with Gasteiger partial charge in [0.2, 0.25) is 0 Å². The lowest BCUT2D eigenvalue weighted by Gasteiger charge is -2.12. The van der Waals surface area contributed by atoms with Crippen LogP contribution in [-0.4, -0.2) is 17.4 Å². The van der Waals surface area contributed by atoms with E-state index < -0.39 is 0 Å². The molecule has 0 aromatic carbocycles. The highest BCUT2D eigenvalue weighted by molar-refractivity contribution is 7.12. The van der Waals surface area contributed by atoms with Crippen LogP contribution in [0.3, 0.4) is 0 Å². The quantitative estimate of drug-likeness (QED) is 0.887. The van der Waals surface area contributed by atoms with Gasteiger partial charge in [-0.2, -0.15) is 0 Å². The summed E-state index contributed by atoms with van der Waals surface area (Å²) in [5.41, 5.74) is 1.36. The Labute approximate surface area is 123 Å². The first kappa shape index (κ1) is 14.5. The van der Waals surface area contributed by atoms with Gasteiger partial charge in [0.15, 0.2) is 0 Å². The maximum absolute atomic E-state index is 12.1. The van der Waals surface area contributed by atoms with Gasteiger partial charge in [0.1, 0.15) is 5.69 Å². The van der Waals surface area contributed by atoms with Crippen LogP contribution in [0.2, 0.25) is 0 Å². The molecule has 0 saturated heterocycles. The Balaban J connectivity index is 2.00. The fourth-order valence-corrected chi connectivity index (χ4v) is 2.74. The number of anilines is 1. The van der Waals surface area contributed by atoms with Gasteiger partial charge in [-0.1, -0.05) is 0 Å². The van der Waals surface area contributed by atoms with E-state index in [2.05, 4.69) is 28.6 Å². The lowest BCUT2D eigenvalue weighted by atomic mass is 10.2. The van der Waals surface area contributed by atoms with Crippen LogP contribution in [-0.2, 0) is 0 Å². The minimum atomic E-state index is -0.147. The average molecular weight is 289 g/mol. The molecule has 5 heteroatoms. The van der Waals surface area contributed by atoms with E-state index in [1.807, 2.05) is 26.0 Å². The van der Waals surface area contributed by atoms with Crippen molar-refractivity contribution in [2.24, 2.45) is 0 Å². The number of aryl methyl sites for hydroxylation is 1. The molecule has 2 rings (SSSR count). The van der Waals surface area contributed by atoms with Gasteiger partial charge in [0.25, 0.3) is 5.91 Å². The molecule has 2 heterocycles. The van der Waals surface area contributed by atoms with Gasteiger partial charge in [-0.3, -0.25) is 4.79 Å². The van der Waals surface area contributed by atoms with Crippen molar-refractivity contribution >= 4 is 22.9 Å². The number of carbonyl (C=O) groups is 1. The molecule has 0 saturated carbocycles. The van der Waals surface area contributed by atoms with Crippen molar-refractivity contribution in [3.05, 3.63) is 45.9 Å². The van der Waals surface area contributed by atoms with Gasteiger partial charge in [0, 0.05) is 16.3 Å². The van der Waals surface area contributed by atoms with Crippen molar-refractivity contribution in [1.29, 1.82) is 0 Å². The first-order valence-corrected chi connectivity index (χ1v) is 7.49. The number of aromatic nitrogens is 1. The van der Waals surface area contributed by atoms with Crippen LogP contribution in [0.1, 0.15) is 40.1 Å². The van der Waals surface area contributed by atoms with Crippen LogP contribution < -0.4 is 10.6 Å². The van der Waals surface area contributed by atoms with E-state index in [-0.39, 0.29) is 11.9 Å². The predicted octanol–water partition coefficient (Wildman–Crippen LogP) is 3.37. The number of nitrogens with one attached hydrogen (secondary N) is 2. The molecule has 2 aromatic rings. The second kappa shape index (κ2) is 6.52. The van der Waals surface area contributed by atoms with Crippen molar-refractivity contribution in [1.82, 2.24) is 10.3 Å². The molecule has 0 spiro atoms. The number of thiophene rings is 1. The molecule has 0 fully saturated rings.